The summed E-state index contributed by atoms with van der Waals surface area (Å²) in [6, 6.07) is 8.67. The lowest BCUT2D eigenvalue weighted by Crippen LogP contribution is -2.16. The Labute approximate surface area is 81.4 Å². The van der Waals surface area contributed by atoms with E-state index in [1.54, 1.807) is 30.3 Å². The van der Waals surface area contributed by atoms with E-state index in [9.17, 15) is 9.59 Å². The van der Waals surface area contributed by atoms with Crippen LogP contribution < -0.4 is 0 Å². The summed E-state index contributed by atoms with van der Waals surface area (Å²) >= 11 is 0. The van der Waals surface area contributed by atoms with Gasteiger partial charge >= 0.3 is 5.97 Å². The summed E-state index contributed by atoms with van der Waals surface area (Å²) in [5.41, 5.74) is 0.589. The fourth-order valence-electron chi connectivity index (χ4n) is 1.06. The first-order chi connectivity index (χ1) is 6.79. The van der Waals surface area contributed by atoms with Crippen LogP contribution >= 0.6 is 0 Å². The predicted octanol–water partition coefficient (Wildman–Crippen LogP) is 1.07. The molecule has 1 aromatic carbocycles. The highest BCUT2D eigenvalue weighted by atomic mass is 16.6. The third-order valence-corrected chi connectivity index (χ3v) is 1.71. The van der Waals surface area contributed by atoms with Crippen LogP contribution in [0, 0.1) is 0 Å². The van der Waals surface area contributed by atoms with Crippen molar-refractivity contribution in [1.29, 1.82) is 0 Å². The van der Waals surface area contributed by atoms with Crippen LogP contribution in [0.5, 0.6) is 0 Å². The number of hydrogen-bond acceptors (Lipinski definition) is 4. The van der Waals surface area contributed by atoms with Crippen LogP contribution in [0.3, 0.4) is 0 Å². The van der Waals surface area contributed by atoms with Gasteiger partial charge in [0.15, 0.2) is 0 Å². The molecule has 0 aliphatic rings. The highest BCUT2D eigenvalue weighted by Crippen LogP contribution is 2.17. The third-order valence-electron chi connectivity index (χ3n) is 1.71. The molecule has 14 heavy (non-hydrogen) atoms. The molecule has 0 aromatic heterocycles. The average Bonchev–Trinajstić information content (AvgIpc) is 2.26. The molecule has 0 aliphatic heterocycles. The van der Waals surface area contributed by atoms with Gasteiger partial charge in [-0.2, -0.15) is 0 Å². The van der Waals surface area contributed by atoms with Gasteiger partial charge in [-0.3, -0.25) is 4.79 Å². The highest BCUT2D eigenvalue weighted by Gasteiger charge is 2.21. The standard InChI is InChI=1S/C10H10O4/c1-13-10(12)9(14-7-11)8-5-3-2-4-6-8/h2-7,9H,1H3. The van der Waals surface area contributed by atoms with Crippen molar-refractivity contribution in [1.82, 2.24) is 0 Å². The molecule has 0 amide bonds. The topological polar surface area (TPSA) is 52.6 Å². The van der Waals surface area contributed by atoms with E-state index < -0.39 is 12.1 Å². The lowest BCUT2D eigenvalue weighted by molar-refractivity contribution is -0.159. The molecule has 0 heterocycles. The summed E-state index contributed by atoms with van der Waals surface area (Å²) in [5, 5.41) is 0. The molecule has 0 radical (unpaired) electrons. The van der Waals surface area contributed by atoms with Crippen LogP contribution in [0.15, 0.2) is 30.3 Å². The van der Waals surface area contributed by atoms with Crippen LogP contribution in [-0.4, -0.2) is 19.6 Å². The second-order valence-electron chi connectivity index (χ2n) is 2.55. The maximum Gasteiger partial charge on any atom is 0.351 e. The van der Waals surface area contributed by atoms with E-state index in [0.717, 1.165) is 0 Å². The maximum absolute atomic E-state index is 11.2. The van der Waals surface area contributed by atoms with Crippen molar-refractivity contribution in [2.24, 2.45) is 0 Å². The van der Waals surface area contributed by atoms with E-state index in [2.05, 4.69) is 9.47 Å². The SMILES string of the molecule is COC(=O)C(OC=O)c1ccccc1. The van der Waals surface area contributed by atoms with E-state index in [1.165, 1.54) is 7.11 Å². The molecule has 74 valence electrons. The van der Waals surface area contributed by atoms with E-state index >= 15 is 0 Å². The average molecular weight is 194 g/mol. The minimum absolute atomic E-state index is 0.231. The molecule has 0 spiro atoms. The maximum atomic E-state index is 11.2. The molecule has 0 bridgehead atoms. The molecule has 0 N–H and O–H groups in total. The van der Waals surface area contributed by atoms with Gasteiger partial charge < -0.3 is 9.47 Å². The van der Waals surface area contributed by atoms with Gasteiger partial charge in [-0.15, -0.1) is 0 Å². The third kappa shape index (κ3) is 2.32. The molecule has 0 fully saturated rings. The molecular formula is C10H10O4. The van der Waals surface area contributed by atoms with Crippen LogP contribution in [0.25, 0.3) is 0 Å². The fourth-order valence-corrected chi connectivity index (χ4v) is 1.06. The lowest BCUT2D eigenvalue weighted by Gasteiger charge is -2.12. The number of carbonyl (C=O) groups excluding carboxylic acids is 2. The summed E-state index contributed by atoms with van der Waals surface area (Å²) < 4.78 is 9.12. The molecular weight excluding hydrogens is 184 g/mol. The molecule has 0 aliphatic carbocycles. The van der Waals surface area contributed by atoms with Crippen LogP contribution in [0.4, 0.5) is 0 Å². The van der Waals surface area contributed by atoms with E-state index in [0.29, 0.717) is 5.56 Å². The van der Waals surface area contributed by atoms with Gasteiger partial charge in [0, 0.05) is 5.56 Å². The second-order valence-corrected chi connectivity index (χ2v) is 2.55. The molecule has 1 unspecified atom stereocenters. The van der Waals surface area contributed by atoms with E-state index in [4.69, 9.17) is 0 Å². The van der Waals surface area contributed by atoms with Gasteiger partial charge in [-0.1, -0.05) is 30.3 Å². The van der Waals surface area contributed by atoms with Crippen molar-refractivity contribution < 1.29 is 19.1 Å². The Morgan fingerprint density at radius 2 is 2.00 bits per heavy atom. The van der Waals surface area contributed by atoms with Crippen molar-refractivity contribution in [2.45, 2.75) is 6.10 Å². The Morgan fingerprint density at radius 3 is 2.50 bits per heavy atom. The quantitative estimate of drug-likeness (QED) is 0.531. The molecule has 0 saturated carbocycles. The van der Waals surface area contributed by atoms with Crippen molar-refractivity contribution >= 4 is 12.4 Å². The van der Waals surface area contributed by atoms with Crippen molar-refractivity contribution in [3.63, 3.8) is 0 Å². The van der Waals surface area contributed by atoms with Gasteiger partial charge in [-0.05, 0) is 0 Å². The number of hydrogen-bond donors (Lipinski definition) is 0. The monoisotopic (exact) mass is 194 g/mol. The van der Waals surface area contributed by atoms with Crippen molar-refractivity contribution in [3.05, 3.63) is 35.9 Å². The number of ether oxygens (including phenoxy) is 2. The van der Waals surface area contributed by atoms with Crippen molar-refractivity contribution in [2.75, 3.05) is 7.11 Å². The van der Waals surface area contributed by atoms with Gasteiger partial charge in [0.25, 0.3) is 6.47 Å². The Bertz CT molecular complexity index is 307. The van der Waals surface area contributed by atoms with Crippen LogP contribution in [-0.2, 0) is 19.1 Å². The first-order valence-electron chi connectivity index (χ1n) is 4.01. The smallest absolute Gasteiger partial charge is 0.351 e. The summed E-state index contributed by atoms with van der Waals surface area (Å²) in [6.07, 6.45) is -0.973. The molecule has 1 atom stereocenters. The lowest BCUT2D eigenvalue weighted by atomic mass is 10.1. The van der Waals surface area contributed by atoms with E-state index in [-0.39, 0.29) is 6.47 Å². The summed E-state index contributed by atoms with van der Waals surface area (Å²) in [6.45, 7) is 0.231. The normalized spacial score (nSPS) is 11.5. The molecule has 4 heteroatoms. The summed E-state index contributed by atoms with van der Waals surface area (Å²) in [7, 11) is 1.24. The predicted molar refractivity (Wildman–Crippen MR) is 48.3 cm³/mol. The highest BCUT2D eigenvalue weighted by molar-refractivity contribution is 5.77. The summed E-state index contributed by atoms with van der Waals surface area (Å²) in [4.78, 5) is 21.4. The zero-order chi connectivity index (χ0) is 10.4. The van der Waals surface area contributed by atoms with Gasteiger partial charge in [0.1, 0.15) is 0 Å². The van der Waals surface area contributed by atoms with Gasteiger partial charge in [0.05, 0.1) is 7.11 Å². The van der Waals surface area contributed by atoms with Crippen molar-refractivity contribution in [3.8, 4) is 0 Å². The number of rotatable bonds is 4. The van der Waals surface area contributed by atoms with Gasteiger partial charge in [0.2, 0.25) is 6.10 Å². The Kier molecular flexibility index (Phi) is 3.67. The Hall–Kier alpha value is -1.84. The van der Waals surface area contributed by atoms with E-state index in [1.807, 2.05) is 0 Å². The van der Waals surface area contributed by atoms with Gasteiger partial charge in [-0.25, -0.2) is 4.79 Å². The first kappa shape index (κ1) is 10.2. The minimum Gasteiger partial charge on any atom is -0.466 e. The molecule has 0 saturated heterocycles. The number of benzene rings is 1. The summed E-state index contributed by atoms with van der Waals surface area (Å²) in [5.74, 6) is -0.594. The minimum atomic E-state index is -0.973. The largest absolute Gasteiger partial charge is 0.466 e. The second kappa shape index (κ2) is 5.01. The Balaban J connectivity index is 2.88. The molecule has 4 nitrogen and oxygen atoms in total. The molecule has 1 rings (SSSR count). The molecule has 1 aromatic rings. The Morgan fingerprint density at radius 1 is 1.36 bits per heavy atom. The first-order valence-corrected chi connectivity index (χ1v) is 4.01. The number of carbonyl (C=O) groups is 2. The zero-order valence-corrected chi connectivity index (χ0v) is 7.67. The number of methoxy groups -OCH3 is 1. The number of esters is 1. The fraction of sp³-hybridized carbons (Fsp3) is 0.200. The zero-order valence-electron chi connectivity index (χ0n) is 7.67. The van der Waals surface area contributed by atoms with Crippen LogP contribution in [0.1, 0.15) is 11.7 Å². The van der Waals surface area contributed by atoms with Crippen LogP contribution in [0.2, 0.25) is 0 Å².